The van der Waals surface area contributed by atoms with E-state index in [1.54, 1.807) is 21.0 Å². The van der Waals surface area contributed by atoms with Gasteiger partial charge in [0.15, 0.2) is 5.79 Å². The van der Waals surface area contributed by atoms with Gasteiger partial charge in [0, 0.05) is 0 Å². The molecule has 1 saturated carbocycles. The standard InChI is InChI=1S/C12H24N2O5/c1-5-12(2,17)19-10-7(14-4)8(15)6(13-3)9(16)11(10)18-5/h5-11,13-17H,1-4H3. The van der Waals surface area contributed by atoms with E-state index in [9.17, 15) is 15.3 Å². The number of fused-ring (bicyclic) bond motifs is 1. The maximum atomic E-state index is 10.3. The molecule has 5 N–H and O–H groups in total. The number of aliphatic hydroxyl groups excluding tert-OH is 2. The van der Waals surface area contributed by atoms with Crippen molar-refractivity contribution in [1.82, 2.24) is 10.6 Å². The van der Waals surface area contributed by atoms with Crippen molar-refractivity contribution in [1.29, 1.82) is 0 Å². The van der Waals surface area contributed by atoms with Crippen LogP contribution in [0, 0.1) is 0 Å². The summed E-state index contributed by atoms with van der Waals surface area (Å²) >= 11 is 0. The number of likely N-dealkylation sites (N-methyl/N-ethyl adjacent to an activating group) is 2. The molecule has 0 bridgehead atoms. The third kappa shape index (κ3) is 2.40. The summed E-state index contributed by atoms with van der Waals surface area (Å²) < 4.78 is 11.4. The fourth-order valence-corrected chi connectivity index (χ4v) is 2.93. The lowest BCUT2D eigenvalue weighted by Gasteiger charge is -2.53. The Bertz CT molecular complexity index is 327. The van der Waals surface area contributed by atoms with Crippen molar-refractivity contribution < 1.29 is 24.8 Å². The van der Waals surface area contributed by atoms with Gasteiger partial charge in [-0.15, -0.1) is 0 Å². The predicted octanol–water partition coefficient (Wildman–Crippen LogP) is -2.22. The molecule has 8 atom stereocenters. The Balaban J connectivity index is 2.28. The zero-order valence-corrected chi connectivity index (χ0v) is 11.7. The van der Waals surface area contributed by atoms with Gasteiger partial charge in [-0.25, -0.2) is 0 Å². The summed E-state index contributed by atoms with van der Waals surface area (Å²) in [6.07, 6.45) is -3.54. The van der Waals surface area contributed by atoms with Gasteiger partial charge in [-0.05, 0) is 27.9 Å². The van der Waals surface area contributed by atoms with Gasteiger partial charge in [-0.1, -0.05) is 0 Å². The molecule has 0 spiro atoms. The molecule has 2 rings (SSSR count). The first kappa shape index (κ1) is 15.1. The molecule has 0 aromatic carbocycles. The SMILES string of the molecule is CNC1C(O)C(NC)C2OC(C)(O)C(C)OC2C1O. The summed E-state index contributed by atoms with van der Waals surface area (Å²) in [4.78, 5) is 0. The lowest BCUT2D eigenvalue weighted by atomic mass is 9.80. The lowest BCUT2D eigenvalue weighted by Crippen LogP contribution is -2.75. The van der Waals surface area contributed by atoms with Crippen LogP contribution in [0.3, 0.4) is 0 Å². The molecule has 8 unspecified atom stereocenters. The summed E-state index contributed by atoms with van der Waals surface area (Å²) in [5.41, 5.74) is 0. The van der Waals surface area contributed by atoms with Gasteiger partial charge in [-0.3, -0.25) is 0 Å². The molecule has 1 aliphatic carbocycles. The monoisotopic (exact) mass is 276 g/mol. The molecule has 7 heteroatoms. The van der Waals surface area contributed by atoms with Gasteiger partial charge in [0.25, 0.3) is 0 Å². The third-order valence-corrected chi connectivity index (χ3v) is 4.28. The van der Waals surface area contributed by atoms with Crippen molar-refractivity contribution in [3.63, 3.8) is 0 Å². The molecular weight excluding hydrogens is 252 g/mol. The highest BCUT2D eigenvalue weighted by Crippen LogP contribution is 2.35. The second kappa shape index (κ2) is 5.25. The molecule has 0 aromatic rings. The molecule has 7 nitrogen and oxygen atoms in total. The maximum absolute atomic E-state index is 10.3. The maximum Gasteiger partial charge on any atom is 0.189 e. The average molecular weight is 276 g/mol. The second-order valence-corrected chi connectivity index (χ2v) is 5.49. The molecule has 0 amide bonds. The molecule has 0 radical (unpaired) electrons. The summed E-state index contributed by atoms with van der Waals surface area (Å²) in [7, 11) is 3.37. The fourth-order valence-electron chi connectivity index (χ4n) is 2.93. The largest absolute Gasteiger partial charge is 0.390 e. The van der Waals surface area contributed by atoms with Crippen LogP contribution in [0.4, 0.5) is 0 Å². The smallest absolute Gasteiger partial charge is 0.189 e. The third-order valence-electron chi connectivity index (χ3n) is 4.28. The van der Waals surface area contributed by atoms with E-state index in [0.717, 1.165) is 0 Å². The molecular formula is C12H24N2O5. The molecule has 1 saturated heterocycles. The molecule has 112 valence electrons. The Kier molecular flexibility index (Phi) is 4.18. The first-order valence-corrected chi connectivity index (χ1v) is 6.59. The van der Waals surface area contributed by atoms with E-state index < -0.39 is 48.4 Å². The molecule has 19 heavy (non-hydrogen) atoms. The van der Waals surface area contributed by atoms with E-state index in [2.05, 4.69) is 10.6 Å². The van der Waals surface area contributed by atoms with Crippen molar-refractivity contribution in [2.75, 3.05) is 14.1 Å². The van der Waals surface area contributed by atoms with Crippen LogP contribution in [-0.4, -0.2) is 77.8 Å². The van der Waals surface area contributed by atoms with Gasteiger partial charge in [0.1, 0.15) is 24.4 Å². The van der Waals surface area contributed by atoms with Crippen LogP contribution in [0.2, 0.25) is 0 Å². The number of aliphatic hydroxyl groups is 3. The molecule has 2 aliphatic rings. The Morgan fingerprint density at radius 3 is 2.11 bits per heavy atom. The van der Waals surface area contributed by atoms with E-state index in [1.807, 2.05) is 0 Å². The molecule has 1 heterocycles. The number of rotatable bonds is 2. The zero-order valence-electron chi connectivity index (χ0n) is 11.7. The average Bonchev–Trinajstić information content (AvgIpc) is 2.33. The minimum Gasteiger partial charge on any atom is -0.390 e. The Hall–Kier alpha value is -0.280. The van der Waals surface area contributed by atoms with Crippen molar-refractivity contribution in [3.05, 3.63) is 0 Å². The Labute approximate surface area is 112 Å². The predicted molar refractivity (Wildman–Crippen MR) is 67.5 cm³/mol. The molecule has 2 fully saturated rings. The van der Waals surface area contributed by atoms with Crippen LogP contribution in [-0.2, 0) is 9.47 Å². The van der Waals surface area contributed by atoms with Crippen LogP contribution >= 0.6 is 0 Å². The van der Waals surface area contributed by atoms with Crippen LogP contribution in [0.5, 0.6) is 0 Å². The number of nitrogens with one attached hydrogen (secondary N) is 2. The van der Waals surface area contributed by atoms with Crippen LogP contribution in [0.25, 0.3) is 0 Å². The summed E-state index contributed by atoms with van der Waals surface area (Å²) in [6.45, 7) is 3.21. The number of ether oxygens (including phenoxy) is 2. The van der Waals surface area contributed by atoms with E-state index in [0.29, 0.717) is 0 Å². The Morgan fingerprint density at radius 1 is 1.00 bits per heavy atom. The van der Waals surface area contributed by atoms with Gasteiger partial charge >= 0.3 is 0 Å². The molecule has 1 aliphatic heterocycles. The van der Waals surface area contributed by atoms with Gasteiger partial charge < -0.3 is 35.4 Å². The van der Waals surface area contributed by atoms with Crippen LogP contribution < -0.4 is 10.6 Å². The quantitative estimate of drug-likeness (QED) is 0.389. The highest BCUT2D eigenvalue weighted by Gasteiger charge is 2.56. The van der Waals surface area contributed by atoms with Crippen molar-refractivity contribution in [2.24, 2.45) is 0 Å². The topological polar surface area (TPSA) is 103 Å². The zero-order chi connectivity index (χ0) is 14.4. The minimum atomic E-state index is -1.44. The summed E-state index contributed by atoms with van der Waals surface area (Å²) in [5.74, 6) is -1.44. The summed E-state index contributed by atoms with van der Waals surface area (Å²) in [6, 6.07) is -0.956. The van der Waals surface area contributed by atoms with Crippen molar-refractivity contribution >= 4 is 0 Å². The van der Waals surface area contributed by atoms with E-state index in [-0.39, 0.29) is 0 Å². The van der Waals surface area contributed by atoms with Gasteiger partial charge in [-0.2, -0.15) is 0 Å². The highest BCUT2D eigenvalue weighted by atomic mass is 16.7. The summed E-state index contributed by atoms with van der Waals surface area (Å²) in [5, 5.41) is 36.6. The number of hydrogen-bond donors (Lipinski definition) is 5. The van der Waals surface area contributed by atoms with E-state index >= 15 is 0 Å². The van der Waals surface area contributed by atoms with E-state index in [1.165, 1.54) is 6.92 Å². The fraction of sp³-hybridized carbons (Fsp3) is 1.00. The lowest BCUT2D eigenvalue weighted by molar-refractivity contribution is -0.364. The molecule has 0 aromatic heterocycles. The van der Waals surface area contributed by atoms with Crippen LogP contribution in [0.15, 0.2) is 0 Å². The Morgan fingerprint density at radius 2 is 1.58 bits per heavy atom. The first-order valence-electron chi connectivity index (χ1n) is 6.59. The minimum absolute atomic E-state index is 0.440. The van der Waals surface area contributed by atoms with Crippen molar-refractivity contribution in [2.45, 2.75) is 62.2 Å². The van der Waals surface area contributed by atoms with Crippen molar-refractivity contribution in [3.8, 4) is 0 Å². The second-order valence-electron chi connectivity index (χ2n) is 5.49. The normalized spacial score (nSPS) is 54.8. The van der Waals surface area contributed by atoms with Gasteiger partial charge in [0.2, 0.25) is 0 Å². The number of hydrogen-bond acceptors (Lipinski definition) is 7. The highest BCUT2D eigenvalue weighted by molar-refractivity contribution is 5.08. The van der Waals surface area contributed by atoms with Gasteiger partial charge in [0.05, 0.1) is 18.2 Å². The first-order chi connectivity index (χ1) is 8.83. The van der Waals surface area contributed by atoms with E-state index in [4.69, 9.17) is 9.47 Å². The van der Waals surface area contributed by atoms with Crippen LogP contribution in [0.1, 0.15) is 13.8 Å².